The topological polar surface area (TPSA) is 26.0 Å². The van der Waals surface area contributed by atoms with Crippen molar-refractivity contribution in [3.8, 4) is 0 Å². The predicted octanol–water partition coefficient (Wildman–Crippen LogP) is 4.29. The molecular weight excluding hydrogens is 330 g/mol. The summed E-state index contributed by atoms with van der Waals surface area (Å²) in [5, 5.41) is -0.367. The van der Waals surface area contributed by atoms with E-state index in [1.807, 2.05) is 0 Å². The largest absolute Gasteiger partial charge is 0.330 e. The first-order chi connectivity index (χ1) is 8.44. The number of halogens is 5. The molecule has 0 aliphatic heterocycles. The summed E-state index contributed by atoms with van der Waals surface area (Å²) in [6.07, 6.45) is 2.90. The zero-order valence-electron chi connectivity index (χ0n) is 9.50. The van der Waals surface area contributed by atoms with E-state index >= 15 is 0 Å². The molecular formula is C12H12BrClF3N. The van der Waals surface area contributed by atoms with Crippen LogP contribution in [0.3, 0.4) is 0 Å². The fraction of sp³-hybridized carbons (Fsp3) is 0.500. The minimum absolute atomic E-state index is 0.109. The van der Waals surface area contributed by atoms with Crippen molar-refractivity contribution in [1.82, 2.24) is 0 Å². The molecule has 100 valence electrons. The maximum atomic E-state index is 14.1. The van der Waals surface area contributed by atoms with Crippen LogP contribution in [0.5, 0.6) is 0 Å². The maximum absolute atomic E-state index is 14.1. The zero-order valence-corrected chi connectivity index (χ0v) is 11.8. The van der Waals surface area contributed by atoms with E-state index < -0.39 is 27.3 Å². The summed E-state index contributed by atoms with van der Waals surface area (Å²) in [6, 6.07) is 0. The molecule has 2 rings (SSSR count). The van der Waals surface area contributed by atoms with Crippen LogP contribution in [0.1, 0.15) is 31.2 Å². The van der Waals surface area contributed by atoms with Crippen molar-refractivity contribution in [2.45, 2.75) is 31.1 Å². The molecule has 1 saturated carbocycles. The zero-order chi connectivity index (χ0) is 13.5. The van der Waals surface area contributed by atoms with Crippen molar-refractivity contribution in [3.63, 3.8) is 0 Å². The van der Waals surface area contributed by atoms with Crippen LogP contribution in [0.2, 0.25) is 5.02 Å². The Morgan fingerprint density at radius 3 is 2.17 bits per heavy atom. The molecule has 6 heteroatoms. The summed E-state index contributed by atoms with van der Waals surface area (Å²) >= 11 is 8.51. The fourth-order valence-corrected chi connectivity index (χ4v) is 3.54. The van der Waals surface area contributed by atoms with Crippen molar-refractivity contribution in [2.75, 3.05) is 6.54 Å². The van der Waals surface area contributed by atoms with Gasteiger partial charge in [-0.1, -0.05) is 24.4 Å². The van der Waals surface area contributed by atoms with E-state index in [1.54, 1.807) is 0 Å². The van der Waals surface area contributed by atoms with Gasteiger partial charge in [-0.2, -0.15) is 0 Å². The van der Waals surface area contributed by atoms with Crippen molar-refractivity contribution in [2.24, 2.45) is 5.73 Å². The third kappa shape index (κ3) is 1.96. The molecule has 1 aromatic carbocycles. The SMILES string of the molecule is NCC1(c2c(F)c(F)c(Br)c(F)c2Cl)CCCC1. The summed E-state index contributed by atoms with van der Waals surface area (Å²) in [7, 11) is 0. The first-order valence-electron chi connectivity index (χ1n) is 5.66. The molecule has 0 spiro atoms. The lowest BCUT2D eigenvalue weighted by Crippen LogP contribution is -2.34. The monoisotopic (exact) mass is 341 g/mol. The van der Waals surface area contributed by atoms with Crippen LogP contribution < -0.4 is 5.73 Å². The highest BCUT2D eigenvalue weighted by Crippen LogP contribution is 2.46. The summed E-state index contributed by atoms with van der Waals surface area (Å²) in [5.41, 5.74) is 4.84. The smallest absolute Gasteiger partial charge is 0.176 e. The van der Waals surface area contributed by atoms with E-state index in [4.69, 9.17) is 17.3 Å². The van der Waals surface area contributed by atoms with E-state index in [2.05, 4.69) is 15.9 Å². The van der Waals surface area contributed by atoms with Gasteiger partial charge in [-0.25, -0.2) is 13.2 Å². The second-order valence-electron chi connectivity index (χ2n) is 4.64. The quantitative estimate of drug-likeness (QED) is 0.630. The first kappa shape index (κ1) is 14.2. The van der Waals surface area contributed by atoms with E-state index in [0.717, 1.165) is 12.8 Å². The lowest BCUT2D eigenvalue weighted by Gasteiger charge is -2.29. The van der Waals surface area contributed by atoms with Gasteiger partial charge in [-0.05, 0) is 28.8 Å². The Labute approximate surface area is 117 Å². The molecule has 2 N–H and O–H groups in total. The van der Waals surface area contributed by atoms with Crippen molar-refractivity contribution in [1.29, 1.82) is 0 Å². The molecule has 1 aliphatic rings. The molecule has 1 nitrogen and oxygen atoms in total. The Bertz CT molecular complexity index is 458. The van der Waals surface area contributed by atoms with Crippen LogP contribution in [0.15, 0.2) is 4.47 Å². The molecule has 1 fully saturated rings. The molecule has 0 atom stereocenters. The average molecular weight is 343 g/mol. The van der Waals surface area contributed by atoms with Gasteiger partial charge in [-0.15, -0.1) is 0 Å². The highest BCUT2D eigenvalue weighted by Gasteiger charge is 2.41. The third-order valence-electron chi connectivity index (χ3n) is 3.69. The minimum atomic E-state index is -1.24. The molecule has 0 amide bonds. The number of benzene rings is 1. The highest BCUT2D eigenvalue weighted by atomic mass is 79.9. The molecule has 0 unspecified atom stereocenters. The van der Waals surface area contributed by atoms with Gasteiger partial charge in [0.05, 0.1) is 9.50 Å². The second kappa shape index (κ2) is 5.02. The van der Waals surface area contributed by atoms with Gasteiger partial charge in [-0.3, -0.25) is 0 Å². The Balaban J connectivity index is 2.71. The lowest BCUT2D eigenvalue weighted by atomic mass is 9.78. The Morgan fingerprint density at radius 1 is 1.11 bits per heavy atom. The molecule has 0 saturated heterocycles. The Hall–Kier alpha value is -0.260. The number of nitrogens with two attached hydrogens (primary N) is 1. The summed E-state index contributed by atoms with van der Waals surface area (Å²) in [4.78, 5) is 0. The summed E-state index contributed by atoms with van der Waals surface area (Å²) < 4.78 is 40.9. The van der Waals surface area contributed by atoms with Gasteiger partial charge in [0.15, 0.2) is 17.5 Å². The average Bonchev–Trinajstić information content (AvgIpc) is 2.84. The lowest BCUT2D eigenvalue weighted by molar-refractivity contribution is 0.400. The molecule has 1 aliphatic carbocycles. The summed E-state index contributed by atoms with van der Waals surface area (Å²) in [5.74, 6) is -3.31. The number of rotatable bonds is 2. The van der Waals surface area contributed by atoms with Gasteiger partial charge < -0.3 is 5.73 Å². The van der Waals surface area contributed by atoms with Crippen molar-refractivity contribution < 1.29 is 13.2 Å². The molecule has 18 heavy (non-hydrogen) atoms. The summed E-state index contributed by atoms with van der Waals surface area (Å²) in [6.45, 7) is 0.129. The normalized spacial score (nSPS) is 18.3. The van der Waals surface area contributed by atoms with Crippen molar-refractivity contribution in [3.05, 3.63) is 32.5 Å². The second-order valence-corrected chi connectivity index (χ2v) is 5.81. The molecule has 0 bridgehead atoms. The van der Waals surface area contributed by atoms with Gasteiger partial charge >= 0.3 is 0 Å². The van der Waals surface area contributed by atoms with Crippen LogP contribution in [0, 0.1) is 17.5 Å². The number of hydrogen-bond acceptors (Lipinski definition) is 1. The van der Waals surface area contributed by atoms with Crippen LogP contribution in [0.4, 0.5) is 13.2 Å². The van der Waals surface area contributed by atoms with Crippen LogP contribution >= 0.6 is 27.5 Å². The molecule has 1 aromatic rings. The minimum Gasteiger partial charge on any atom is -0.330 e. The Morgan fingerprint density at radius 2 is 1.67 bits per heavy atom. The van der Waals surface area contributed by atoms with E-state index in [9.17, 15) is 13.2 Å². The predicted molar refractivity (Wildman–Crippen MR) is 68.2 cm³/mol. The van der Waals surface area contributed by atoms with Gasteiger partial charge in [0.25, 0.3) is 0 Å². The first-order valence-corrected chi connectivity index (χ1v) is 6.83. The molecule has 0 heterocycles. The number of hydrogen-bond donors (Lipinski definition) is 1. The molecule has 0 aromatic heterocycles. The van der Waals surface area contributed by atoms with E-state index in [-0.39, 0.29) is 17.1 Å². The van der Waals surface area contributed by atoms with Gasteiger partial charge in [0.1, 0.15) is 0 Å². The standard InChI is InChI=1S/C12H12BrClF3N/c13-7-10(16)8(14)6(9(15)11(7)17)12(5-18)3-1-2-4-12/h1-5,18H2. The van der Waals surface area contributed by atoms with Crippen LogP contribution in [-0.4, -0.2) is 6.54 Å². The van der Waals surface area contributed by atoms with E-state index in [0.29, 0.717) is 12.8 Å². The fourth-order valence-electron chi connectivity index (χ4n) is 2.68. The van der Waals surface area contributed by atoms with Gasteiger partial charge in [0, 0.05) is 17.5 Å². The van der Waals surface area contributed by atoms with Crippen LogP contribution in [0.25, 0.3) is 0 Å². The Kier molecular flexibility index (Phi) is 3.95. The third-order valence-corrected chi connectivity index (χ3v) is 4.74. The van der Waals surface area contributed by atoms with Crippen LogP contribution in [-0.2, 0) is 5.41 Å². The van der Waals surface area contributed by atoms with Gasteiger partial charge in [0.2, 0.25) is 0 Å². The maximum Gasteiger partial charge on any atom is 0.176 e. The van der Waals surface area contributed by atoms with E-state index in [1.165, 1.54) is 0 Å². The molecule has 0 radical (unpaired) electrons. The van der Waals surface area contributed by atoms with Crippen molar-refractivity contribution >= 4 is 27.5 Å². The highest BCUT2D eigenvalue weighted by molar-refractivity contribution is 9.10.